The molecule has 2 aliphatic rings. The van der Waals surface area contributed by atoms with Crippen molar-refractivity contribution >= 4 is 23.9 Å². The molecular formula is C28H31ClN2O2. The van der Waals surface area contributed by atoms with E-state index >= 15 is 0 Å². The normalized spacial score (nSPS) is 17.0. The molecule has 2 aromatic rings. The lowest BCUT2D eigenvalue weighted by atomic mass is 9.87. The van der Waals surface area contributed by atoms with Gasteiger partial charge in [0.15, 0.2) is 0 Å². The summed E-state index contributed by atoms with van der Waals surface area (Å²) < 4.78 is 11.9. The molecular weight excluding hydrogens is 432 g/mol. The van der Waals surface area contributed by atoms with E-state index in [-0.39, 0.29) is 0 Å². The third-order valence-electron chi connectivity index (χ3n) is 6.14. The number of hydrogen-bond acceptors (Lipinski definition) is 4. The summed E-state index contributed by atoms with van der Waals surface area (Å²) in [5, 5.41) is 0.729. The van der Waals surface area contributed by atoms with Gasteiger partial charge in [-0.25, -0.2) is 0 Å². The first-order valence-corrected chi connectivity index (χ1v) is 11.9. The Morgan fingerprint density at radius 2 is 1.88 bits per heavy atom. The van der Waals surface area contributed by atoms with Crippen LogP contribution in [0.25, 0.3) is 5.57 Å². The molecule has 0 bridgehead atoms. The van der Waals surface area contributed by atoms with Crippen LogP contribution in [0.3, 0.4) is 0 Å². The molecule has 33 heavy (non-hydrogen) atoms. The minimum atomic E-state index is 0.441. The monoisotopic (exact) mass is 462 g/mol. The van der Waals surface area contributed by atoms with Crippen LogP contribution < -0.4 is 9.47 Å². The first-order chi connectivity index (χ1) is 16.2. The van der Waals surface area contributed by atoms with Crippen molar-refractivity contribution in [1.82, 2.24) is 4.90 Å². The van der Waals surface area contributed by atoms with Gasteiger partial charge in [-0.1, -0.05) is 47.5 Å². The number of ether oxygens (including phenoxy) is 2. The molecule has 1 fully saturated rings. The number of para-hydroxylation sites is 1. The second kappa shape index (κ2) is 11.4. The Bertz CT molecular complexity index is 1060. The molecule has 0 amide bonds. The van der Waals surface area contributed by atoms with Crippen LogP contribution in [-0.4, -0.2) is 44.5 Å². The van der Waals surface area contributed by atoms with Gasteiger partial charge < -0.3 is 14.4 Å². The Morgan fingerprint density at radius 3 is 2.61 bits per heavy atom. The number of allylic oxidation sites excluding steroid dienone is 4. The van der Waals surface area contributed by atoms with Crippen LogP contribution in [0.1, 0.15) is 31.7 Å². The van der Waals surface area contributed by atoms with E-state index in [1.54, 1.807) is 0 Å². The lowest BCUT2D eigenvalue weighted by Crippen LogP contribution is -2.32. The number of nitrogens with zero attached hydrogens (tertiary/aromatic N) is 2. The van der Waals surface area contributed by atoms with Crippen LogP contribution in [0.2, 0.25) is 5.02 Å². The van der Waals surface area contributed by atoms with Crippen LogP contribution >= 0.6 is 11.6 Å². The zero-order valence-corrected chi connectivity index (χ0v) is 20.0. The van der Waals surface area contributed by atoms with E-state index in [0.29, 0.717) is 13.2 Å². The van der Waals surface area contributed by atoms with Crippen molar-refractivity contribution in [2.24, 2.45) is 4.99 Å². The van der Waals surface area contributed by atoms with Crippen LogP contribution in [0.15, 0.2) is 82.5 Å². The summed E-state index contributed by atoms with van der Waals surface area (Å²) in [6.45, 7) is 10.1. The maximum absolute atomic E-state index is 6.09. The van der Waals surface area contributed by atoms with Gasteiger partial charge in [0.2, 0.25) is 0 Å². The highest BCUT2D eigenvalue weighted by Gasteiger charge is 2.25. The molecule has 5 heteroatoms. The number of fused-ring (bicyclic) bond motifs is 1. The molecule has 0 unspecified atom stereocenters. The van der Waals surface area contributed by atoms with E-state index in [9.17, 15) is 0 Å². The molecule has 1 saturated heterocycles. The molecule has 4 nitrogen and oxygen atoms in total. The van der Waals surface area contributed by atoms with Crippen molar-refractivity contribution in [3.05, 3.63) is 88.1 Å². The topological polar surface area (TPSA) is 34.1 Å². The van der Waals surface area contributed by atoms with Gasteiger partial charge in [-0.05, 0) is 68.8 Å². The van der Waals surface area contributed by atoms with Crippen LogP contribution in [0.5, 0.6) is 11.5 Å². The second-order valence-electron chi connectivity index (χ2n) is 8.28. The SMILES string of the molecule is C=NC1=C(/C=C\C)C(=C2CCN(CCCOc3ccc(Cl)cc3)CC2)c2ccccc2OC1. The number of likely N-dealkylation sites (tertiary alicyclic amines) is 1. The lowest BCUT2D eigenvalue weighted by Gasteiger charge is -2.30. The maximum Gasteiger partial charge on any atom is 0.131 e. The van der Waals surface area contributed by atoms with Gasteiger partial charge in [-0.2, -0.15) is 0 Å². The van der Waals surface area contributed by atoms with Crippen LogP contribution in [0, 0.1) is 0 Å². The minimum absolute atomic E-state index is 0.441. The van der Waals surface area contributed by atoms with Gasteiger partial charge in [0.1, 0.15) is 18.1 Å². The molecule has 2 aliphatic heterocycles. The van der Waals surface area contributed by atoms with Crippen molar-refractivity contribution in [1.29, 1.82) is 0 Å². The Labute approximate surface area is 201 Å². The molecule has 0 spiro atoms. The van der Waals surface area contributed by atoms with Crippen molar-refractivity contribution in [3.8, 4) is 11.5 Å². The highest BCUT2D eigenvalue weighted by molar-refractivity contribution is 6.30. The van der Waals surface area contributed by atoms with Crippen molar-refractivity contribution < 1.29 is 9.47 Å². The Balaban J connectivity index is 1.44. The summed E-state index contributed by atoms with van der Waals surface area (Å²) in [5.74, 6) is 1.79. The Hall–Kier alpha value is -2.82. The van der Waals surface area contributed by atoms with Crippen molar-refractivity contribution in [2.45, 2.75) is 26.2 Å². The largest absolute Gasteiger partial charge is 0.494 e. The number of aliphatic imine (C=N–C) groups is 1. The first kappa shape index (κ1) is 23.3. The van der Waals surface area contributed by atoms with E-state index < -0.39 is 0 Å². The Morgan fingerprint density at radius 1 is 1.12 bits per heavy atom. The molecule has 172 valence electrons. The first-order valence-electron chi connectivity index (χ1n) is 11.6. The van der Waals surface area contributed by atoms with E-state index in [0.717, 1.165) is 72.3 Å². The van der Waals surface area contributed by atoms with E-state index in [1.807, 2.05) is 43.3 Å². The predicted octanol–water partition coefficient (Wildman–Crippen LogP) is 6.58. The summed E-state index contributed by atoms with van der Waals surface area (Å²) in [7, 11) is 0. The molecule has 0 radical (unpaired) electrons. The highest BCUT2D eigenvalue weighted by Crippen LogP contribution is 2.41. The standard InChI is InChI=1S/C28H31ClN2O2/c1-3-7-24-26(30-2)20-33-27-9-5-4-8-25(27)28(24)21-14-17-31(18-15-21)16-6-19-32-23-12-10-22(29)11-13-23/h3-5,7-13H,2,6,14-20H2,1H3/b7-3-. The molecule has 0 N–H and O–H groups in total. The van der Waals surface area contributed by atoms with Gasteiger partial charge >= 0.3 is 0 Å². The van der Waals surface area contributed by atoms with Gasteiger partial charge in [-0.3, -0.25) is 4.99 Å². The zero-order valence-electron chi connectivity index (χ0n) is 19.2. The Kier molecular flexibility index (Phi) is 8.03. The summed E-state index contributed by atoms with van der Waals surface area (Å²) in [5.41, 5.74) is 5.93. The summed E-state index contributed by atoms with van der Waals surface area (Å²) in [4.78, 5) is 6.85. The van der Waals surface area contributed by atoms with Gasteiger partial charge in [0.25, 0.3) is 0 Å². The molecule has 0 atom stereocenters. The summed E-state index contributed by atoms with van der Waals surface area (Å²) in [6, 6.07) is 15.9. The van der Waals surface area contributed by atoms with Crippen LogP contribution in [0.4, 0.5) is 0 Å². The fraction of sp³-hybridized carbons (Fsp3) is 0.321. The molecule has 0 aromatic heterocycles. The number of rotatable bonds is 7. The summed E-state index contributed by atoms with van der Waals surface area (Å²) >= 11 is 5.93. The molecule has 2 heterocycles. The third kappa shape index (κ3) is 5.76. The number of benzene rings is 2. The molecule has 0 saturated carbocycles. The predicted molar refractivity (Wildman–Crippen MR) is 137 cm³/mol. The average molecular weight is 463 g/mol. The number of halogens is 1. The number of piperidine rings is 1. The van der Waals surface area contributed by atoms with Crippen molar-refractivity contribution in [2.75, 3.05) is 32.8 Å². The van der Waals surface area contributed by atoms with Crippen LogP contribution in [-0.2, 0) is 0 Å². The summed E-state index contributed by atoms with van der Waals surface area (Å²) in [6.07, 6.45) is 7.29. The van der Waals surface area contributed by atoms with Gasteiger partial charge in [0, 0.05) is 35.8 Å². The van der Waals surface area contributed by atoms with E-state index in [2.05, 4.69) is 40.9 Å². The lowest BCUT2D eigenvalue weighted by molar-refractivity contribution is 0.223. The average Bonchev–Trinajstić information content (AvgIpc) is 3.00. The second-order valence-corrected chi connectivity index (χ2v) is 8.72. The van der Waals surface area contributed by atoms with Crippen molar-refractivity contribution in [3.63, 3.8) is 0 Å². The van der Waals surface area contributed by atoms with Gasteiger partial charge in [0.05, 0.1) is 12.3 Å². The van der Waals surface area contributed by atoms with E-state index in [4.69, 9.17) is 21.1 Å². The fourth-order valence-electron chi connectivity index (χ4n) is 4.48. The molecule has 4 rings (SSSR count). The molecule has 0 aliphatic carbocycles. The zero-order chi connectivity index (χ0) is 23.0. The third-order valence-corrected chi connectivity index (χ3v) is 6.39. The smallest absolute Gasteiger partial charge is 0.131 e. The maximum atomic E-state index is 6.09. The fourth-order valence-corrected chi connectivity index (χ4v) is 4.60. The quantitative estimate of drug-likeness (QED) is 0.344. The number of hydrogen-bond donors (Lipinski definition) is 0. The van der Waals surface area contributed by atoms with Gasteiger partial charge in [-0.15, -0.1) is 0 Å². The highest BCUT2D eigenvalue weighted by atomic mass is 35.5. The van der Waals surface area contributed by atoms with E-state index in [1.165, 1.54) is 11.1 Å². The molecule has 2 aromatic carbocycles. The minimum Gasteiger partial charge on any atom is -0.494 e.